The zero-order valence-corrected chi connectivity index (χ0v) is 12.2. The van der Waals surface area contributed by atoms with Gasteiger partial charge in [0.15, 0.2) is 0 Å². The molecule has 3 rings (SSSR count). The van der Waals surface area contributed by atoms with Crippen molar-refractivity contribution in [3.05, 3.63) is 64.5 Å². The van der Waals surface area contributed by atoms with Gasteiger partial charge in [0.1, 0.15) is 11.6 Å². The summed E-state index contributed by atoms with van der Waals surface area (Å²) in [6.07, 6.45) is 0. The molecule has 104 valence electrons. The molecule has 0 bridgehead atoms. The van der Waals surface area contributed by atoms with Crippen molar-refractivity contribution in [3.63, 3.8) is 0 Å². The molecule has 0 aromatic heterocycles. The number of fused-ring (bicyclic) bond motifs is 1. The van der Waals surface area contributed by atoms with E-state index in [0.29, 0.717) is 17.7 Å². The summed E-state index contributed by atoms with van der Waals surface area (Å²) < 4.78 is 19.4. The molecular formula is C17H16ClFO. The number of alkyl halides is 1. The van der Waals surface area contributed by atoms with Gasteiger partial charge >= 0.3 is 0 Å². The Bertz CT molecular complexity index is 630. The second-order valence-corrected chi connectivity index (χ2v) is 5.80. The lowest BCUT2D eigenvalue weighted by molar-refractivity contribution is 0.328. The highest BCUT2D eigenvalue weighted by Crippen LogP contribution is 2.44. The van der Waals surface area contributed by atoms with Crippen LogP contribution in [0.15, 0.2) is 36.4 Å². The number of ether oxygens (including phenoxy) is 1. The van der Waals surface area contributed by atoms with Gasteiger partial charge in [-0.1, -0.05) is 30.3 Å². The first kappa shape index (κ1) is 13.4. The zero-order valence-electron chi connectivity index (χ0n) is 11.5. The first-order chi connectivity index (χ1) is 9.58. The van der Waals surface area contributed by atoms with Crippen molar-refractivity contribution in [2.45, 2.75) is 25.1 Å². The second kappa shape index (κ2) is 5.10. The summed E-state index contributed by atoms with van der Waals surface area (Å²) in [7, 11) is 0. The number of aryl methyl sites for hydroxylation is 2. The first-order valence-electron chi connectivity index (χ1n) is 6.70. The van der Waals surface area contributed by atoms with Gasteiger partial charge in [-0.2, -0.15) is 0 Å². The molecule has 0 spiro atoms. The summed E-state index contributed by atoms with van der Waals surface area (Å²) in [5.41, 5.74) is 3.36. The third-order valence-electron chi connectivity index (χ3n) is 3.87. The smallest absolute Gasteiger partial charge is 0.129 e. The summed E-state index contributed by atoms with van der Waals surface area (Å²) in [5.74, 6) is 0.858. The number of para-hydroxylation sites is 1. The van der Waals surface area contributed by atoms with Crippen LogP contribution in [0.5, 0.6) is 5.75 Å². The third kappa shape index (κ3) is 2.18. The van der Waals surface area contributed by atoms with Gasteiger partial charge in [-0.15, -0.1) is 11.6 Å². The van der Waals surface area contributed by atoms with Crippen molar-refractivity contribution in [3.8, 4) is 5.75 Å². The van der Waals surface area contributed by atoms with Crippen molar-refractivity contribution in [1.29, 1.82) is 0 Å². The van der Waals surface area contributed by atoms with Crippen molar-refractivity contribution >= 4 is 11.6 Å². The molecule has 1 aliphatic heterocycles. The summed E-state index contributed by atoms with van der Waals surface area (Å²) in [6.45, 7) is 4.12. The predicted octanol–water partition coefficient (Wildman–Crippen LogP) is 4.90. The summed E-state index contributed by atoms with van der Waals surface area (Å²) >= 11 is 6.63. The van der Waals surface area contributed by atoms with Crippen LogP contribution in [0.2, 0.25) is 0 Å². The standard InChI is InChI=1S/C17H16ClFO/c1-10-7-12(8-11(2)17(10)19)16(18)14-9-20-15-6-4-3-5-13(14)15/h3-8,14,16H,9H2,1-2H3. The minimum atomic E-state index is -0.211. The Balaban J connectivity index is 1.96. The van der Waals surface area contributed by atoms with Gasteiger partial charge in [-0.05, 0) is 36.6 Å². The molecule has 2 aromatic rings. The van der Waals surface area contributed by atoms with E-state index in [4.69, 9.17) is 16.3 Å². The van der Waals surface area contributed by atoms with E-state index in [9.17, 15) is 4.39 Å². The highest BCUT2D eigenvalue weighted by atomic mass is 35.5. The Morgan fingerprint density at radius 1 is 1.20 bits per heavy atom. The summed E-state index contributed by atoms with van der Waals surface area (Å²) in [6, 6.07) is 11.6. The van der Waals surface area contributed by atoms with E-state index < -0.39 is 0 Å². The number of hydrogen-bond acceptors (Lipinski definition) is 1. The molecule has 0 N–H and O–H groups in total. The van der Waals surface area contributed by atoms with Gasteiger partial charge in [0.25, 0.3) is 0 Å². The van der Waals surface area contributed by atoms with E-state index >= 15 is 0 Å². The van der Waals surface area contributed by atoms with Gasteiger partial charge in [0, 0.05) is 11.5 Å². The van der Waals surface area contributed by atoms with Crippen LogP contribution in [-0.4, -0.2) is 6.61 Å². The quantitative estimate of drug-likeness (QED) is 0.715. The summed E-state index contributed by atoms with van der Waals surface area (Å²) in [4.78, 5) is 0. The lowest BCUT2D eigenvalue weighted by atomic mass is 9.91. The van der Waals surface area contributed by atoms with Crippen LogP contribution >= 0.6 is 11.6 Å². The largest absolute Gasteiger partial charge is 0.493 e. The fourth-order valence-electron chi connectivity index (χ4n) is 2.80. The van der Waals surface area contributed by atoms with Crippen molar-refractivity contribution in [2.75, 3.05) is 6.61 Å². The lowest BCUT2D eigenvalue weighted by Crippen LogP contribution is -2.09. The van der Waals surface area contributed by atoms with Gasteiger partial charge < -0.3 is 4.74 Å². The minimum Gasteiger partial charge on any atom is -0.493 e. The number of halogens is 2. The van der Waals surface area contributed by atoms with Crippen LogP contribution < -0.4 is 4.74 Å². The molecule has 0 amide bonds. The molecule has 1 aliphatic rings. The Morgan fingerprint density at radius 2 is 1.85 bits per heavy atom. The topological polar surface area (TPSA) is 9.23 Å². The first-order valence-corrected chi connectivity index (χ1v) is 7.14. The van der Waals surface area contributed by atoms with E-state index in [0.717, 1.165) is 16.9 Å². The van der Waals surface area contributed by atoms with Gasteiger partial charge in [0.2, 0.25) is 0 Å². The number of rotatable bonds is 2. The highest BCUT2D eigenvalue weighted by Gasteiger charge is 2.31. The molecule has 1 nitrogen and oxygen atoms in total. The van der Waals surface area contributed by atoms with Crippen LogP contribution in [0.1, 0.15) is 33.5 Å². The minimum absolute atomic E-state index is 0.108. The Kier molecular flexibility index (Phi) is 3.43. The molecule has 3 heteroatoms. The average Bonchev–Trinajstić information content (AvgIpc) is 2.87. The molecule has 0 fully saturated rings. The molecule has 0 radical (unpaired) electrons. The molecule has 2 unspecified atom stereocenters. The molecule has 0 aliphatic carbocycles. The normalized spacial score (nSPS) is 18.5. The van der Waals surface area contributed by atoms with E-state index in [2.05, 4.69) is 0 Å². The fraction of sp³-hybridized carbons (Fsp3) is 0.294. The fourth-order valence-corrected chi connectivity index (χ4v) is 3.14. The molecular weight excluding hydrogens is 275 g/mol. The maximum absolute atomic E-state index is 13.7. The Labute approximate surface area is 123 Å². The van der Waals surface area contributed by atoms with Crippen LogP contribution in [0, 0.1) is 19.7 Å². The van der Waals surface area contributed by atoms with Crippen LogP contribution in [0.3, 0.4) is 0 Å². The third-order valence-corrected chi connectivity index (χ3v) is 4.42. The van der Waals surface area contributed by atoms with Crippen molar-refractivity contribution in [2.24, 2.45) is 0 Å². The molecule has 20 heavy (non-hydrogen) atoms. The maximum atomic E-state index is 13.7. The van der Waals surface area contributed by atoms with E-state index in [1.54, 1.807) is 13.8 Å². The molecule has 0 saturated heterocycles. The highest BCUT2D eigenvalue weighted by molar-refractivity contribution is 6.21. The molecule has 2 atom stereocenters. The van der Waals surface area contributed by atoms with Crippen LogP contribution in [0.4, 0.5) is 4.39 Å². The van der Waals surface area contributed by atoms with Crippen molar-refractivity contribution < 1.29 is 9.13 Å². The molecule has 2 aromatic carbocycles. The van der Waals surface area contributed by atoms with Crippen LogP contribution in [0.25, 0.3) is 0 Å². The van der Waals surface area contributed by atoms with Crippen LogP contribution in [-0.2, 0) is 0 Å². The molecule has 0 saturated carbocycles. The van der Waals surface area contributed by atoms with E-state index in [1.807, 2.05) is 36.4 Å². The average molecular weight is 291 g/mol. The monoisotopic (exact) mass is 290 g/mol. The van der Waals surface area contributed by atoms with E-state index in [1.165, 1.54) is 0 Å². The number of hydrogen-bond donors (Lipinski definition) is 0. The predicted molar refractivity (Wildman–Crippen MR) is 79.1 cm³/mol. The Hall–Kier alpha value is -1.54. The van der Waals surface area contributed by atoms with Gasteiger partial charge in [-0.3, -0.25) is 0 Å². The maximum Gasteiger partial charge on any atom is 0.129 e. The van der Waals surface area contributed by atoms with Gasteiger partial charge in [0.05, 0.1) is 12.0 Å². The SMILES string of the molecule is Cc1cc(C(Cl)C2COc3ccccc32)cc(C)c1F. The number of benzene rings is 2. The van der Waals surface area contributed by atoms with Crippen molar-refractivity contribution in [1.82, 2.24) is 0 Å². The van der Waals surface area contributed by atoms with Gasteiger partial charge in [-0.25, -0.2) is 4.39 Å². The van der Waals surface area contributed by atoms with E-state index in [-0.39, 0.29) is 17.1 Å². The lowest BCUT2D eigenvalue weighted by Gasteiger charge is -2.18. The Morgan fingerprint density at radius 3 is 2.55 bits per heavy atom. The molecule has 1 heterocycles. The summed E-state index contributed by atoms with van der Waals surface area (Å²) in [5, 5.41) is -0.211. The second-order valence-electron chi connectivity index (χ2n) is 5.33. The zero-order chi connectivity index (χ0) is 14.3.